The normalized spacial score (nSPS) is 14.3. The fourth-order valence-corrected chi connectivity index (χ4v) is 12.5. The highest BCUT2D eigenvalue weighted by molar-refractivity contribution is 7.47. The van der Waals surface area contributed by atoms with E-state index in [9.17, 15) is 43.2 Å². The molecule has 0 aromatic carbocycles. The van der Waals surface area contributed by atoms with E-state index in [4.69, 9.17) is 37.0 Å². The van der Waals surface area contributed by atoms with Crippen molar-refractivity contribution in [2.45, 2.75) is 393 Å². The van der Waals surface area contributed by atoms with Crippen LogP contribution in [0, 0.1) is 5.92 Å². The Morgan fingerprint density at radius 3 is 0.780 bits per heavy atom. The van der Waals surface area contributed by atoms with Gasteiger partial charge in [0, 0.05) is 25.7 Å². The molecule has 0 amide bonds. The monoisotopic (exact) mass is 1340 g/mol. The molecule has 0 spiro atoms. The molecule has 0 aliphatic rings. The van der Waals surface area contributed by atoms with Crippen LogP contribution < -0.4 is 0 Å². The Labute approximate surface area is 556 Å². The van der Waals surface area contributed by atoms with Gasteiger partial charge in [0.1, 0.15) is 19.3 Å². The summed E-state index contributed by atoms with van der Waals surface area (Å²) in [4.78, 5) is 72.3. The van der Waals surface area contributed by atoms with Crippen LogP contribution in [-0.4, -0.2) is 96.7 Å². The van der Waals surface area contributed by atoms with E-state index in [0.717, 1.165) is 121 Å². The summed E-state index contributed by atoms with van der Waals surface area (Å²) in [5.74, 6) is -1.28. The van der Waals surface area contributed by atoms with E-state index in [1.165, 1.54) is 173 Å². The minimum Gasteiger partial charge on any atom is -0.462 e. The van der Waals surface area contributed by atoms with Crippen LogP contribution in [0.15, 0.2) is 0 Å². The molecule has 540 valence electrons. The summed E-state index contributed by atoms with van der Waals surface area (Å²) < 4.78 is 68.1. The van der Waals surface area contributed by atoms with Crippen LogP contribution in [0.5, 0.6) is 0 Å². The lowest BCUT2D eigenvalue weighted by Gasteiger charge is -2.21. The van der Waals surface area contributed by atoms with Gasteiger partial charge in [0.15, 0.2) is 12.2 Å². The van der Waals surface area contributed by atoms with Crippen LogP contribution in [-0.2, 0) is 65.4 Å². The Morgan fingerprint density at radius 2 is 0.527 bits per heavy atom. The highest BCUT2D eigenvalue weighted by Crippen LogP contribution is 2.45. The Balaban J connectivity index is 5.13. The zero-order valence-electron chi connectivity index (χ0n) is 59.0. The lowest BCUT2D eigenvalue weighted by atomic mass is 9.99. The summed E-state index contributed by atoms with van der Waals surface area (Å²) in [7, 11) is -9.89. The van der Waals surface area contributed by atoms with Crippen LogP contribution in [0.4, 0.5) is 0 Å². The van der Waals surface area contributed by atoms with Gasteiger partial charge in [-0.1, -0.05) is 324 Å². The van der Waals surface area contributed by atoms with Crippen molar-refractivity contribution in [3.05, 3.63) is 0 Å². The topological polar surface area (TPSA) is 237 Å². The number of carbonyl (C=O) groups excluding carboxylic acids is 4. The molecule has 0 aromatic rings. The lowest BCUT2D eigenvalue weighted by molar-refractivity contribution is -0.161. The quantitative estimate of drug-likeness (QED) is 0.0222. The van der Waals surface area contributed by atoms with Crippen molar-refractivity contribution in [3.63, 3.8) is 0 Å². The van der Waals surface area contributed by atoms with E-state index in [1.807, 2.05) is 0 Å². The molecule has 0 heterocycles. The standard InChI is InChI=1S/C72H140O17P2/c1-6-10-13-16-19-20-21-22-23-24-25-26-27-32-35-38-43-48-53-58-72(77)89-68(62-83-70(75)56-51-46-42-37-34-31-29-28-30-33-36-41-44-49-54-65(5)9-4)64-87-91(80,81)85-60-66(73)59-84-90(78,79)86-63-67(88-71(76)57-52-47-40-18-15-12-8-3)61-82-69(74)55-50-45-39-17-14-11-7-2/h65-68,73H,6-64H2,1-5H3,(H,78,79)(H,80,81)/t65?,66-,67+,68+/m0/s1. The van der Waals surface area contributed by atoms with Gasteiger partial charge in [0.2, 0.25) is 0 Å². The first kappa shape index (κ1) is 89.1. The molecular formula is C72H140O17P2. The minimum absolute atomic E-state index is 0.104. The largest absolute Gasteiger partial charge is 0.472 e. The number of ether oxygens (including phenoxy) is 4. The maximum absolute atomic E-state index is 13.1. The molecule has 17 nitrogen and oxygen atoms in total. The van der Waals surface area contributed by atoms with Crippen molar-refractivity contribution < 1.29 is 80.2 Å². The van der Waals surface area contributed by atoms with Crippen LogP contribution >= 0.6 is 15.6 Å². The third kappa shape index (κ3) is 65.1. The van der Waals surface area contributed by atoms with Gasteiger partial charge in [-0.15, -0.1) is 0 Å². The molecule has 0 bridgehead atoms. The molecule has 3 N–H and O–H groups in total. The van der Waals surface area contributed by atoms with Crippen molar-refractivity contribution in [3.8, 4) is 0 Å². The number of esters is 4. The summed E-state index contributed by atoms with van der Waals surface area (Å²) >= 11 is 0. The van der Waals surface area contributed by atoms with Crippen molar-refractivity contribution in [2.24, 2.45) is 5.92 Å². The number of rotatable bonds is 72. The van der Waals surface area contributed by atoms with E-state index < -0.39 is 97.5 Å². The Bertz CT molecular complexity index is 1760. The second-order valence-corrected chi connectivity index (χ2v) is 29.1. The number of unbranched alkanes of at least 4 members (excludes halogenated alkanes) is 43. The van der Waals surface area contributed by atoms with E-state index in [1.54, 1.807) is 0 Å². The van der Waals surface area contributed by atoms with E-state index >= 15 is 0 Å². The molecule has 0 aromatic heterocycles. The SMILES string of the molecule is CCCCCCCCCCCCCCCCCCCCCC(=O)O[C@H](COC(=O)CCCCCCCCCCCCCCCCC(C)CC)COP(=O)(O)OC[C@@H](O)COP(=O)(O)OC[C@@H](COC(=O)CCCCCCCCC)OC(=O)CCCCCCCCC. The Hall–Kier alpha value is -1.94. The number of hydrogen-bond donors (Lipinski definition) is 3. The molecule has 0 rings (SSSR count). The number of hydrogen-bond acceptors (Lipinski definition) is 15. The average molecular weight is 1340 g/mol. The predicted molar refractivity (Wildman–Crippen MR) is 368 cm³/mol. The molecule has 0 aliphatic carbocycles. The lowest BCUT2D eigenvalue weighted by Crippen LogP contribution is -2.30. The van der Waals surface area contributed by atoms with Crippen LogP contribution in [0.3, 0.4) is 0 Å². The predicted octanol–water partition coefficient (Wildman–Crippen LogP) is 20.9. The molecule has 0 fully saturated rings. The van der Waals surface area contributed by atoms with Crippen LogP contribution in [0.2, 0.25) is 0 Å². The second kappa shape index (κ2) is 65.4. The summed E-state index contributed by atoms with van der Waals surface area (Å²) in [6.45, 7) is 7.23. The summed E-state index contributed by atoms with van der Waals surface area (Å²) in [6.07, 6.45) is 53.1. The number of aliphatic hydroxyl groups is 1. The third-order valence-corrected chi connectivity index (χ3v) is 19.0. The smallest absolute Gasteiger partial charge is 0.462 e. The third-order valence-electron chi connectivity index (χ3n) is 17.1. The fourth-order valence-electron chi connectivity index (χ4n) is 11.0. The number of carbonyl (C=O) groups is 4. The number of aliphatic hydroxyl groups excluding tert-OH is 1. The number of phosphoric ester groups is 2. The van der Waals surface area contributed by atoms with Gasteiger partial charge in [0.05, 0.1) is 26.4 Å². The maximum atomic E-state index is 13.1. The van der Waals surface area contributed by atoms with Crippen molar-refractivity contribution in [1.82, 2.24) is 0 Å². The van der Waals surface area contributed by atoms with Gasteiger partial charge < -0.3 is 33.8 Å². The van der Waals surface area contributed by atoms with Gasteiger partial charge in [-0.25, -0.2) is 9.13 Å². The molecule has 3 unspecified atom stereocenters. The molecule has 0 saturated carbocycles. The number of phosphoric acid groups is 2. The maximum Gasteiger partial charge on any atom is 0.472 e. The van der Waals surface area contributed by atoms with Crippen LogP contribution in [0.1, 0.15) is 375 Å². The van der Waals surface area contributed by atoms with E-state index in [0.29, 0.717) is 25.7 Å². The van der Waals surface area contributed by atoms with E-state index in [2.05, 4.69) is 34.6 Å². The van der Waals surface area contributed by atoms with Gasteiger partial charge in [0.25, 0.3) is 0 Å². The Morgan fingerprint density at radius 1 is 0.308 bits per heavy atom. The first-order valence-corrected chi connectivity index (χ1v) is 40.7. The van der Waals surface area contributed by atoms with E-state index in [-0.39, 0.29) is 25.7 Å². The summed E-state index contributed by atoms with van der Waals surface area (Å²) in [5.41, 5.74) is 0. The fraction of sp³-hybridized carbons (Fsp3) is 0.944. The molecule has 0 saturated heterocycles. The highest BCUT2D eigenvalue weighted by atomic mass is 31.2. The van der Waals surface area contributed by atoms with Crippen molar-refractivity contribution in [1.29, 1.82) is 0 Å². The summed E-state index contributed by atoms with van der Waals surface area (Å²) in [6, 6.07) is 0. The van der Waals surface area contributed by atoms with Gasteiger partial charge >= 0.3 is 39.5 Å². The second-order valence-electron chi connectivity index (χ2n) is 26.2. The van der Waals surface area contributed by atoms with Crippen molar-refractivity contribution in [2.75, 3.05) is 39.6 Å². The molecule has 0 aliphatic heterocycles. The average Bonchev–Trinajstić information content (AvgIpc) is 3.74. The van der Waals surface area contributed by atoms with Gasteiger partial charge in [-0.2, -0.15) is 0 Å². The molecule has 91 heavy (non-hydrogen) atoms. The zero-order valence-corrected chi connectivity index (χ0v) is 60.8. The minimum atomic E-state index is -4.95. The van der Waals surface area contributed by atoms with Crippen LogP contribution in [0.25, 0.3) is 0 Å². The summed E-state index contributed by atoms with van der Waals surface area (Å²) in [5, 5.41) is 10.6. The highest BCUT2D eigenvalue weighted by Gasteiger charge is 2.30. The van der Waals surface area contributed by atoms with Crippen molar-refractivity contribution >= 4 is 39.5 Å². The first-order valence-electron chi connectivity index (χ1n) is 37.7. The Kier molecular flexibility index (Phi) is 64.0. The molecule has 19 heteroatoms. The molecule has 0 radical (unpaired) electrons. The van der Waals surface area contributed by atoms with Gasteiger partial charge in [-0.3, -0.25) is 37.3 Å². The molecule has 6 atom stereocenters. The zero-order chi connectivity index (χ0) is 67.0. The first-order chi connectivity index (χ1) is 44.1. The van der Waals surface area contributed by atoms with Gasteiger partial charge in [-0.05, 0) is 31.6 Å². The molecular weight excluding hydrogens is 1200 g/mol.